The van der Waals surface area contributed by atoms with Gasteiger partial charge in [0, 0.05) is 6.04 Å². The Morgan fingerprint density at radius 1 is 1.39 bits per heavy atom. The number of ether oxygens (including phenoxy) is 2. The number of hydrogen-bond acceptors (Lipinski definition) is 3. The molecule has 18 heavy (non-hydrogen) atoms. The molecule has 1 atom stereocenters. The van der Waals surface area contributed by atoms with Crippen molar-refractivity contribution in [3.63, 3.8) is 0 Å². The lowest BCUT2D eigenvalue weighted by Crippen LogP contribution is -2.19. The van der Waals surface area contributed by atoms with Crippen LogP contribution in [0.25, 0.3) is 0 Å². The fourth-order valence-electron chi connectivity index (χ4n) is 1.18. The molecule has 2 N–H and O–H groups in total. The van der Waals surface area contributed by atoms with E-state index >= 15 is 0 Å². The molecule has 7 heteroatoms. The largest absolute Gasteiger partial charge is 0.466 e. The summed E-state index contributed by atoms with van der Waals surface area (Å²) in [4.78, 5) is 0. The number of alkyl halides is 3. The van der Waals surface area contributed by atoms with Crippen molar-refractivity contribution >= 4 is 11.6 Å². The summed E-state index contributed by atoms with van der Waals surface area (Å²) in [5.41, 5.74) is 6.46. The van der Waals surface area contributed by atoms with Gasteiger partial charge in [-0.25, -0.2) is 0 Å². The summed E-state index contributed by atoms with van der Waals surface area (Å²) in [6, 6.07) is 4.65. The van der Waals surface area contributed by atoms with E-state index in [4.69, 9.17) is 22.1 Å². The fourth-order valence-corrected chi connectivity index (χ4v) is 1.42. The fraction of sp³-hybridized carbons (Fsp3) is 0.455. The van der Waals surface area contributed by atoms with Crippen LogP contribution in [0.4, 0.5) is 13.2 Å². The molecule has 0 radical (unpaired) electrons. The Bertz CT molecular complexity index is 396. The molecular formula is C11H13ClF3NO2. The van der Waals surface area contributed by atoms with E-state index in [1.165, 1.54) is 6.07 Å². The molecule has 0 saturated heterocycles. The monoisotopic (exact) mass is 283 g/mol. The Balaban J connectivity index is 2.48. The van der Waals surface area contributed by atoms with Crippen LogP contribution in [0.15, 0.2) is 18.2 Å². The molecular weight excluding hydrogens is 271 g/mol. The molecule has 0 heterocycles. The number of rotatable bonds is 5. The molecule has 1 aromatic rings. The number of halogens is 4. The van der Waals surface area contributed by atoms with Crippen molar-refractivity contribution in [3.8, 4) is 5.75 Å². The Morgan fingerprint density at radius 3 is 2.56 bits per heavy atom. The third-order valence-corrected chi connectivity index (χ3v) is 2.34. The number of benzene rings is 1. The van der Waals surface area contributed by atoms with Crippen LogP contribution in [0.1, 0.15) is 18.5 Å². The van der Waals surface area contributed by atoms with Crippen molar-refractivity contribution < 1.29 is 22.6 Å². The molecule has 1 aromatic carbocycles. The van der Waals surface area contributed by atoms with E-state index in [0.29, 0.717) is 0 Å². The molecule has 102 valence electrons. The highest BCUT2D eigenvalue weighted by molar-refractivity contribution is 6.32. The maximum absolute atomic E-state index is 11.8. The Labute approximate surface area is 108 Å². The molecule has 0 aliphatic rings. The van der Waals surface area contributed by atoms with Crippen LogP contribution in [0.5, 0.6) is 5.75 Å². The van der Waals surface area contributed by atoms with Gasteiger partial charge in [-0.05, 0) is 24.6 Å². The van der Waals surface area contributed by atoms with E-state index in [9.17, 15) is 13.2 Å². The van der Waals surface area contributed by atoms with Crippen molar-refractivity contribution in [3.05, 3.63) is 28.8 Å². The van der Waals surface area contributed by atoms with E-state index in [2.05, 4.69) is 4.74 Å². The molecule has 0 amide bonds. The quantitative estimate of drug-likeness (QED) is 0.666. The smallest absolute Gasteiger partial charge is 0.411 e. The second kappa shape index (κ2) is 6.26. The van der Waals surface area contributed by atoms with Gasteiger partial charge in [-0.3, -0.25) is 0 Å². The van der Waals surface area contributed by atoms with Crippen molar-refractivity contribution in [1.82, 2.24) is 0 Å². The Hall–Kier alpha value is -0.980. The van der Waals surface area contributed by atoms with Crippen molar-refractivity contribution in [1.29, 1.82) is 0 Å². The van der Waals surface area contributed by atoms with Gasteiger partial charge >= 0.3 is 6.18 Å². The molecule has 3 nitrogen and oxygen atoms in total. The summed E-state index contributed by atoms with van der Waals surface area (Å²) < 4.78 is 44.6. The van der Waals surface area contributed by atoms with E-state index in [0.717, 1.165) is 5.56 Å². The van der Waals surface area contributed by atoms with Gasteiger partial charge in [0.2, 0.25) is 0 Å². The van der Waals surface area contributed by atoms with Gasteiger partial charge in [0.1, 0.15) is 12.4 Å². The predicted octanol–water partition coefficient (Wildman–Crippen LogP) is 3.27. The first-order valence-electron chi connectivity index (χ1n) is 5.12. The minimum absolute atomic E-state index is 0.182. The Kier molecular flexibility index (Phi) is 5.25. The number of hydrogen-bond donors (Lipinski definition) is 1. The molecule has 0 aliphatic carbocycles. The highest BCUT2D eigenvalue weighted by Gasteiger charge is 2.27. The average Bonchev–Trinajstić information content (AvgIpc) is 2.24. The molecule has 0 unspecified atom stereocenters. The molecule has 0 fully saturated rings. The first kappa shape index (κ1) is 15.1. The summed E-state index contributed by atoms with van der Waals surface area (Å²) in [7, 11) is 0. The molecule has 1 rings (SSSR count). The summed E-state index contributed by atoms with van der Waals surface area (Å²) in [6.45, 7) is -0.0854. The van der Waals surface area contributed by atoms with Crippen molar-refractivity contribution in [2.75, 3.05) is 13.4 Å². The summed E-state index contributed by atoms with van der Waals surface area (Å²) in [5, 5.41) is 0.278. The highest BCUT2D eigenvalue weighted by atomic mass is 35.5. The van der Waals surface area contributed by atoms with E-state index < -0.39 is 19.6 Å². The van der Waals surface area contributed by atoms with Gasteiger partial charge in [0.25, 0.3) is 0 Å². The molecule has 0 aromatic heterocycles. The first-order chi connectivity index (χ1) is 8.29. The van der Waals surface area contributed by atoms with E-state index in [-0.39, 0.29) is 16.8 Å². The van der Waals surface area contributed by atoms with Crippen LogP contribution in [0.3, 0.4) is 0 Å². The van der Waals surface area contributed by atoms with Crippen LogP contribution < -0.4 is 10.5 Å². The highest BCUT2D eigenvalue weighted by Crippen LogP contribution is 2.27. The lowest BCUT2D eigenvalue weighted by molar-refractivity contribution is -0.186. The zero-order valence-corrected chi connectivity index (χ0v) is 10.4. The van der Waals surface area contributed by atoms with Gasteiger partial charge < -0.3 is 15.2 Å². The van der Waals surface area contributed by atoms with Gasteiger partial charge in [0.05, 0.1) is 5.02 Å². The lowest BCUT2D eigenvalue weighted by atomic mass is 10.1. The topological polar surface area (TPSA) is 44.5 Å². The molecule has 0 spiro atoms. The average molecular weight is 284 g/mol. The Morgan fingerprint density at radius 2 is 2.06 bits per heavy atom. The maximum Gasteiger partial charge on any atom is 0.411 e. The SMILES string of the molecule is C[C@H](N)c1ccc(OCOCC(F)(F)F)c(Cl)c1. The molecule has 0 aliphatic heterocycles. The lowest BCUT2D eigenvalue weighted by Gasteiger charge is -2.12. The summed E-state index contributed by atoms with van der Waals surface area (Å²) >= 11 is 5.88. The van der Waals surface area contributed by atoms with Gasteiger partial charge in [-0.1, -0.05) is 17.7 Å². The zero-order valence-electron chi connectivity index (χ0n) is 9.63. The molecule has 0 saturated carbocycles. The second-order valence-electron chi connectivity index (χ2n) is 3.70. The van der Waals surface area contributed by atoms with Gasteiger partial charge in [-0.2, -0.15) is 13.2 Å². The van der Waals surface area contributed by atoms with Crippen LogP contribution in [0.2, 0.25) is 5.02 Å². The maximum atomic E-state index is 11.8. The predicted molar refractivity (Wildman–Crippen MR) is 61.6 cm³/mol. The molecule has 0 bridgehead atoms. The summed E-state index contributed by atoms with van der Waals surface area (Å²) in [6.07, 6.45) is -4.37. The van der Waals surface area contributed by atoms with E-state index in [1.54, 1.807) is 19.1 Å². The van der Waals surface area contributed by atoms with Gasteiger partial charge in [-0.15, -0.1) is 0 Å². The van der Waals surface area contributed by atoms with Crippen LogP contribution in [-0.4, -0.2) is 19.6 Å². The first-order valence-corrected chi connectivity index (χ1v) is 5.49. The minimum atomic E-state index is -4.37. The van der Waals surface area contributed by atoms with Crippen LogP contribution in [0, 0.1) is 0 Å². The van der Waals surface area contributed by atoms with Crippen LogP contribution in [-0.2, 0) is 4.74 Å². The zero-order chi connectivity index (χ0) is 13.8. The number of nitrogens with two attached hydrogens (primary N) is 1. The third kappa shape index (κ3) is 5.12. The second-order valence-corrected chi connectivity index (χ2v) is 4.11. The van der Waals surface area contributed by atoms with E-state index in [1.807, 2.05) is 0 Å². The third-order valence-electron chi connectivity index (χ3n) is 2.05. The standard InChI is InChI=1S/C11H13ClF3NO2/c1-7(16)8-2-3-10(9(12)4-8)18-6-17-5-11(13,14)15/h2-4,7H,5-6,16H2,1H3/t7-/m0/s1. The van der Waals surface area contributed by atoms with Gasteiger partial charge in [0.15, 0.2) is 6.79 Å². The van der Waals surface area contributed by atoms with Crippen molar-refractivity contribution in [2.45, 2.75) is 19.1 Å². The summed E-state index contributed by atoms with van der Waals surface area (Å²) in [5.74, 6) is 0.253. The van der Waals surface area contributed by atoms with Crippen LogP contribution >= 0.6 is 11.6 Å². The van der Waals surface area contributed by atoms with Crippen molar-refractivity contribution in [2.24, 2.45) is 5.73 Å². The normalized spacial score (nSPS) is 13.4. The minimum Gasteiger partial charge on any atom is -0.466 e.